The van der Waals surface area contributed by atoms with Gasteiger partial charge in [-0.1, -0.05) is 48.5 Å². The van der Waals surface area contributed by atoms with Gasteiger partial charge in [0.1, 0.15) is 5.60 Å². The molecule has 30 heavy (non-hydrogen) atoms. The summed E-state index contributed by atoms with van der Waals surface area (Å²) in [6.45, 7) is 6.35. The number of fused-ring (bicyclic) bond motifs is 1. The minimum absolute atomic E-state index is 0.0472. The summed E-state index contributed by atoms with van der Waals surface area (Å²) < 4.78 is 5.19. The highest BCUT2D eigenvalue weighted by Gasteiger charge is 2.42. The molecule has 2 bridgehead atoms. The SMILES string of the molecule is CC(C)(C)OC(=O)NCCC(=O)NCC1CC2c3ccccc3C1c1ccccc12. The third kappa shape index (κ3) is 4.20. The quantitative estimate of drug-likeness (QED) is 0.777. The van der Waals surface area contributed by atoms with E-state index in [-0.39, 0.29) is 18.9 Å². The zero-order chi connectivity index (χ0) is 21.3. The number of hydrogen-bond donors (Lipinski definition) is 2. The average molecular weight is 407 g/mol. The van der Waals surface area contributed by atoms with Crippen molar-refractivity contribution in [3.8, 4) is 0 Å². The normalized spacial score (nSPS) is 21.4. The summed E-state index contributed by atoms with van der Waals surface area (Å²) >= 11 is 0. The van der Waals surface area contributed by atoms with E-state index >= 15 is 0 Å². The van der Waals surface area contributed by atoms with Crippen molar-refractivity contribution in [3.63, 3.8) is 0 Å². The van der Waals surface area contributed by atoms with Gasteiger partial charge in [-0.15, -0.1) is 0 Å². The lowest BCUT2D eigenvalue weighted by molar-refractivity contribution is -0.121. The van der Waals surface area contributed by atoms with Crippen LogP contribution in [0.25, 0.3) is 0 Å². The van der Waals surface area contributed by atoms with Gasteiger partial charge in [0.2, 0.25) is 5.91 Å². The van der Waals surface area contributed by atoms with Crippen LogP contribution in [0.15, 0.2) is 48.5 Å². The summed E-state index contributed by atoms with van der Waals surface area (Å²) in [6, 6.07) is 17.4. The first-order valence-electron chi connectivity index (χ1n) is 10.7. The van der Waals surface area contributed by atoms with Crippen LogP contribution in [-0.2, 0) is 9.53 Å². The Bertz CT molecular complexity index is 900. The van der Waals surface area contributed by atoms with Gasteiger partial charge in [-0.25, -0.2) is 4.79 Å². The lowest BCUT2D eigenvalue weighted by Gasteiger charge is -2.45. The Balaban J connectivity index is 1.35. The van der Waals surface area contributed by atoms with E-state index in [1.165, 1.54) is 22.3 Å². The van der Waals surface area contributed by atoms with Gasteiger partial charge in [0.05, 0.1) is 0 Å². The molecule has 0 saturated heterocycles. The number of alkyl carbamates (subject to hydrolysis) is 1. The molecule has 5 rings (SSSR count). The van der Waals surface area contributed by atoms with E-state index in [9.17, 15) is 9.59 Å². The van der Waals surface area contributed by atoms with Crippen LogP contribution >= 0.6 is 0 Å². The number of benzene rings is 2. The number of hydrogen-bond acceptors (Lipinski definition) is 3. The van der Waals surface area contributed by atoms with Gasteiger partial charge in [-0.05, 0) is 55.4 Å². The third-order valence-corrected chi connectivity index (χ3v) is 6.00. The van der Waals surface area contributed by atoms with Crippen LogP contribution in [0.2, 0.25) is 0 Å². The molecular weight excluding hydrogens is 376 g/mol. The van der Waals surface area contributed by atoms with E-state index in [0.29, 0.717) is 24.3 Å². The maximum atomic E-state index is 12.3. The van der Waals surface area contributed by atoms with Gasteiger partial charge in [0, 0.05) is 31.3 Å². The predicted molar refractivity (Wildman–Crippen MR) is 117 cm³/mol. The highest BCUT2D eigenvalue weighted by Crippen LogP contribution is 2.55. The largest absolute Gasteiger partial charge is 0.444 e. The highest BCUT2D eigenvalue weighted by atomic mass is 16.6. The monoisotopic (exact) mass is 406 g/mol. The average Bonchev–Trinajstić information content (AvgIpc) is 2.71. The van der Waals surface area contributed by atoms with E-state index in [0.717, 1.165) is 6.42 Å². The molecule has 2 aromatic carbocycles. The zero-order valence-electron chi connectivity index (χ0n) is 17.9. The first-order valence-corrected chi connectivity index (χ1v) is 10.7. The molecule has 2 N–H and O–H groups in total. The number of amides is 2. The molecule has 5 heteroatoms. The molecule has 0 aromatic heterocycles. The van der Waals surface area contributed by atoms with Crippen LogP contribution in [-0.4, -0.2) is 30.7 Å². The molecule has 158 valence electrons. The van der Waals surface area contributed by atoms with E-state index in [1.807, 2.05) is 20.8 Å². The summed E-state index contributed by atoms with van der Waals surface area (Å²) in [7, 11) is 0. The molecule has 5 nitrogen and oxygen atoms in total. The Kier molecular flexibility index (Phi) is 5.54. The van der Waals surface area contributed by atoms with Crippen LogP contribution in [0.5, 0.6) is 0 Å². The van der Waals surface area contributed by atoms with Gasteiger partial charge >= 0.3 is 6.09 Å². The molecule has 2 amide bonds. The Labute approximate surface area is 178 Å². The molecule has 3 aliphatic carbocycles. The van der Waals surface area contributed by atoms with Gasteiger partial charge < -0.3 is 15.4 Å². The topological polar surface area (TPSA) is 67.4 Å². The second kappa shape index (κ2) is 8.13. The van der Waals surface area contributed by atoms with Crippen LogP contribution < -0.4 is 10.6 Å². The van der Waals surface area contributed by atoms with Crippen LogP contribution in [0.3, 0.4) is 0 Å². The fraction of sp³-hybridized carbons (Fsp3) is 0.440. The van der Waals surface area contributed by atoms with Crippen molar-refractivity contribution in [3.05, 3.63) is 70.8 Å². The lowest BCUT2D eigenvalue weighted by atomic mass is 9.59. The number of nitrogens with one attached hydrogen (secondary N) is 2. The molecule has 0 saturated carbocycles. The summed E-state index contributed by atoms with van der Waals surface area (Å²) in [6.07, 6.45) is 0.802. The van der Waals surface area contributed by atoms with Crippen molar-refractivity contribution in [2.24, 2.45) is 5.92 Å². The molecule has 2 aromatic rings. The Hall–Kier alpha value is -2.82. The van der Waals surface area contributed by atoms with Crippen molar-refractivity contribution >= 4 is 12.0 Å². The van der Waals surface area contributed by atoms with Gasteiger partial charge in [-0.3, -0.25) is 4.79 Å². The summed E-state index contributed by atoms with van der Waals surface area (Å²) in [5.74, 6) is 1.05. The number of carbonyl (C=O) groups is 2. The molecule has 1 atom stereocenters. The lowest BCUT2D eigenvalue weighted by Crippen LogP contribution is -2.40. The van der Waals surface area contributed by atoms with E-state index in [2.05, 4.69) is 59.2 Å². The molecule has 1 unspecified atom stereocenters. The minimum Gasteiger partial charge on any atom is -0.444 e. The van der Waals surface area contributed by atoms with Crippen molar-refractivity contribution in [1.29, 1.82) is 0 Å². The fourth-order valence-electron chi connectivity index (χ4n) is 4.89. The summed E-state index contributed by atoms with van der Waals surface area (Å²) in [5.41, 5.74) is 5.13. The molecular formula is C25H30N2O3. The Morgan fingerprint density at radius 2 is 1.50 bits per heavy atom. The number of carbonyl (C=O) groups excluding carboxylic acids is 2. The van der Waals surface area contributed by atoms with Crippen molar-refractivity contribution in [2.45, 2.75) is 51.0 Å². The second-order valence-electron chi connectivity index (χ2n) is 9.27. The first-order chi connectivity index (χ1) is 14.3. The predicted octanol–water partition coefficient (Wildman–Crippen LogP) is 4.31. The summed E-state index contributed by atoms with van der Waals surface area (Å²) in [5, 5.41) is 5.73. The smallest absolute Gasteiger partial charge is 0.407 e. The first kappa shape index (κ1) is 20.5. The van der Waals surface area contributed by atoms with E-state index < -0.39 is 11.7 Å². The zero-order valence-corrected chi connectivity index (χ0v) is 17.9. The highest BCUT2D eigenvalue weighted by molar-refractivity contribution is 5.77. The van der Waals surface area contributed by atoms with Crippen molar-refractivity contribution < 1.29 is 14.3 Å². The maximum absolute atomic E-state index is 12.3. The molecule has 0 heterocycles. The van der Waals surface area contributed by atoms with Crippen molar-refractivity contribution in [2.75, 3.05) is 13.1 Å². The molecule has 0 fully saturated rings. The molecule has 3 aliphatic rings. The summed E-state index contributed by atoms with van der Waals surface area (Å²) in [4.78, 5) is 24.0. The second-order valence-corrected chi connectivity index (χ2v) is 9.27. The van der Waals surface area contributed by atoms with Crippen molar-refractivity contribution in [1.82, 2.24) is 10.6 Å². The fourth-order valence-corrected chi connectivity index (χ4v) is 4.89. The number of rotatable bonds is 5. The molecule has 0 radical (unpaired) electrons. The van der Waals surface area contributed by atoms with E-state index in [1.54, 1.807) is 0 Å². The molecule has 0 spiro atoms. The maximum Gasteiger partial charge on any atom is 0.407 e. The minimum atomic E-state index is -0.542. The standard InChI is InChI=1S/C25H30N2O3/c1-25(2,3)30-24(29)26-13-12-22(28)27-15-16-14-21-17-8-4-6-10-19(17)23(16)20-11-7-5-9-18(20)21/h4-11,16,21,23H,12-15H2,1-3H3,(H,26,29)(H,27,28). The van der Waals surface area contributed by atoms with Gasteiger partial charge in [0.15, 0.2) is 0 Å². The molecule has 0 aliphatic heterocycles. The van der Waals surface area contributed by atoms with Crippen LogP contribution in [0.4, 0.5) is 4.79 Å². The van der Waals surface area contributed by atoms with Gasteiger partial charge in [0.25, 0.3) is 0 Å². The van der Waals surface area contributed by atoms with Crippen LogP contribution in [0, 0.1) is 5.92 Å². The Morgan fingerprint density at radius 1 is 0.933 bits per heavy atom. The van der Waals surface area contributed by atoms with Crippen LogP contribution in [0.1, 0.15) is 67.7 Å². The number of ether oxygens (including phenoxy) is 1. The Morgan fingerprint density at radius 3 is 2.07 bits per heavy atom. The third-order valence-electron chi connectivity index (χ3n) is 6.00. The van der Waals surface area contributed by atoms with Gasteiger partial charge in [-0.2, -0.15) is 0 Å². The van der Waals surface area contributed by atoms with E-state index in [4.69, 9.17) is 4.74 Å².